The third kappa shape index (κ3) is 2.80. The highest BCUT2D eigenvalue weighted by Gasteiger charge is 2.78. The van der Waals surface area contributed by atoms with E-state index in [0.717, 1.165) is 28.7 Å². The van der Waals surface area contributed by atoms with Crippen LogP contribution in [0, 0.1) is 0 Å². The van der Waals surface area contributed by atoms with Gasteiger partial charge in [0.2, 0.25) is 17.3 Å². The molecule has 2 spiro atoms. The zero-order valence-electron chi connectivity index (χ0n) is 20.7. The molecular formula is C32H22Cl2N2O3. The Labute approximate surface area is 235 Å². The first kappa shape index (κ1) is 23.3. The smallest absolute Gasteiger partial charge is 0.250 e. The van der Waals surface area contributed by atoms with Crippen LogP contribution in [-0.2, 0) is 16.8 Å². The van der Waals surface area contributed by atoms with Crippen LogP contribution in [0.5, 0.6) is 5.75 Å². The van der Waals surface area contributed by atoms with E-state index in [1.54, 1.807) is 6.07 Å². The highest BCUT2D eigenvalue weighted by molar-refractivity contribution is 6.31. The number of hydrogen-bond acceptors (Lipinski definition) is 4. The summed E-state index contributed by atoms with van der Waals surface area (Å²) in [4.78, 5) is 31.5. The number of para-hydroxylation sites is 1. The number of carbonyl (C=O) groups excluding carboxylic acids is 2. The second-order valence-electron chi connectivity index (χ2n) is 10.7. The Hall–Kier alpha value is -3.64. The van der Waals surface area contributed by atoms with Gasteiger partial charge in [-0.25, -0.2) is 0 Å². The van der Waals surface area contributed by atoms with Crippen molar-refractivity contribution in [2.45, 2.75) is 29.5 Å². The van der Waals surface area contributed by atoms with Gasteiger partial charge in [0, 0.05) is 27.8 Å². The molecule has 4 aromatic rings. The molecule has 4 aliphatic heterocycles. The fourth-order valence-electron chi connectivity index (χ4n) is 7.59. The van der Waals surface area contributed by atoms with Crippen LogP contribution in [0.15, 0.2) is 91.0 Å². The molecule has 4 aliphatic rings. The predicted molar refractivity (Wildman–Crippen MR) is 150 cm³/mol. The molecule has 1 N–H and O–H groups in total. The first-order valence-electron chi connectivity index (χ1n) is 13.0. The van der Waals surface area contributed by atoms with Crippen LogP contribution in [0.25, 0.3) is 0 Å². The van der Waals surface area contributed by atoms with Gasteiger partial charge < -0.3 is 10.1 Å². The third-order valence-corrected chi connectivity index (χ3v) is 9.43. The fourth-order valence-corrected chi connectivity index (χ4v) is 7.89. The van der Waals surface area contributed by atoms with Crippen LogP contribution < -0.4 is 10.1 Å². The Morgan fingerprint density at radius 1 is 0.872 bits per heavy atom. The third-order valence-electron chi connectivity index (χ3n) is 8.94. The fraction of sp³-hybridized carbons (Fsp3) is 0.188. The first-order valence-corrected chi connectivity index (χ1v) is 13.8. The summed E-state index contributed by atoms with van der Waals surface area (Å²) in [5.74, 6) is -0.470. The van der Waals surface area contributed by atoms with Gasteiger partial charge in [-0.2, -0.15) is 0 Å². The number of Topliss-reactive ketones (excluding diaryl/α,β-unsaturated/α-hetero) is 1. The number of nitrogens with one attached hydrogen (secondary N) is 1. The number of fused-ring (bicyclic) bond motifs is 8. The SMILES string of the molecule is O=C1c2ccccc2OC12C1c3ccccc3CCN1C1(C(=O)Nc3ccc(Cl)cc31)C2c1ccc(Cl)cc1. The molecule has 39 heavy (non-hydrogen) atoms. The standard InChI is InChI=1S/C32H22Cl2N2O3/c33-20-11-9-19(10-12-20)27-31(24-17-21(34)13-14-25(24)35-30(31)38)36-16-15-18-5-1-2-6-22(18)28(36)32(27)29(37)23-7-3-4-8-26(23)39-32/h1-14,17,27-28H,15-16H2,(H,35,38). The lowest BCUT2D eigenvalue weighted by molar-refractivity contribution is -0.128. The number of anilines is 1. The highest BCUT2D eigenvalue weighted by atomic mass is 35.5. The Bertz CT molecular complexity index is 1720. The largest absolute Gasteiger partial charge is 0.476 e. The summed E-state index contributed by atoms with van der Waals surface area (Å²) in [5, 5.41) is 4.23. The zero-order valence-corrected chi connectivity index (χ0v) is 22.2. The van der Waals surface area contributed by atoms with E-state index in [4.69, 9.17) is 27.9 Å². The van der Waals surface area contributed by atoms with E-state index in [-0.39, 0.29) is 11.7 Å². The quantitative estimate of drug-likeness (QED) is 0.291. The van der Waals surface area contributed by atoms with Crippen molar-refractivity contribution in [3.63, 3.8) is 0 Å². The van der Waals surface area contributed by atoms with Crippen LogP contribution in [-0.4, -0.2) is 28.7 Å². The summed E-state index contributed by atoms with van der Waals surface area (Å²) < 4.78 is 6.93. The Balaban J connectivity index is 1.52. The molecule has 5 nitrogen and oxygen atoms in total. The molecule has 4 unspecified atom stereocenters. The lowest BCUT2D eigenvalue weighted by Gasteiger charge is -2.41. The van der Waals surface area contributed by atoms with Gasteiger partial charge in [0.25, 0.3) is 0 Å². The van der Waals surface area contributed by atoms with E-state index in [2.05, 4.69) is 22.3 Å². The number of hydrogen-bond donors (Lipinski definition) is 1. The summed E-state index contributed by atoms with van der Waals surface area (Å²) in [6.45, 7) is 0.569. The lowest BCUT2D eigenvalue weighted by atomic mass is 9.66. The normalized spacial score (nSPS) is 28.2. The second kappa shape index (κ2) is 7.95. The van der Waals surface area contributed by atoms with Crippen molar-refractivity contribution in [2.24, 2.45) is 0 Å². The number of carbonyl (C=O) groups is 2. The van der Waals surface area contributed by atoms with Gasteiger partial charge in [-0.3, -0.25) is 14.5 Å². The number of nitrogens with zero attached hydrogens (tertiary/aromatic N) is 1. The van der Waals surface area contributed by atoms with E-state index in [9.17, 15) is 9.59 Å². The molecule has 192 valence electrons. The monoisotopic (exact) mass is 552 g/mol. The molecule has 0 aliphatic carbocycles. The van der Waals surface area contributed by atoms with Crippen molar-refractivity contribution < 1.29 is 14.3 Å². The van der Waals surface area contributed by atoms with Crippen molar-refractivity contribution in [3.8, 4) is 5.75 Å². The molecule has 1 amide bonds. The highest BCUT2D eigenvalue weighted by Crippen LogP contribution is 2.69. The number of amides is 1. The maximum Gasteiger partial charge on any atom is 0.250 e. The van der Waals surface area contributed by atoms with E-state index < -0.39 is 23.1 Å². The van der Waals surface area contributed by atoms with Gasteiger partial charge in [0.05, 0.1) is 17.5 Å². The minimum Gasteiger partial charge on any atom is -0.476 e. The summed E-state index contributed by atoms with van der Waals surface area (Å²) >= 11 is 12.9. The molecule has 0 aromatic heterocycles. The Morgan fingerprint density at radius 3 is 2.44 bits per heavy atom. The second-order valence-corrected chi connectivity index (χ2v) is 11.5. The number of halogens is 2. The maximum atomic E-state index is 14.8. The van der Waals surface area contributed by atoms with Gasteiger partial charge in [0.15, 0.2) is 0 Å². The maximum absolute atomic E-state index is 14.8. The molecule has 4 aromatic carbocycles. The number of ketones is 1. The van der Waals surface area contributed by atoms with Gasteiger partial charge in [-0.1, -0.05) is 71.7 Å². The van der Waals surface area contributed by atoms with Crippen molar-refractivity contribution in [3.05, 3.63) is 129 Å². The lowest BCUT2D eigenvalue weighted by Crippen LogP contribution is -2.52. The molecule has 4 atom stereocenters. The number of ether oxygens (including phenoxy) is 1. The first-order chi connectivity index (χ1) is 19.0. The molecule has 1 saturated heterocycles. The molecular weight excluding hydrogens is 531 g/mol. The van der Waals surface area contributed by atoms with E-state index in [1.807, 2.05) is 72.8 Å². The molecule has 0 radical (unpaired) electrons. The van der Waals surface area contributed by atoms with E-state index in [0.29, 0.717) is 33.6 Å². The average molecular weight is 553 g/mol. The van der Waals surface area contributed by atoms with Crippen LogP contribution in [0.2, 0.25) is 10.0 Å². The Kier molecular flexibility index (Phi) is 4.74. The van der Waals surface area contributed by atoms with Crippen LogP contribution in [0.4, 0.5) is 5.69 Å². The molecule has 0 bridgehead atoms. The molecule has 1 fully saturated rings. The van der Waals surface area contributed by atoms with Crippen molar-refractivity contribution in [1.29, 1.82) is 0 Å². The van der Waals surface area contributed by atoms with Gasteiger partial charge >= 0.3 is 0 Å². The number of benzene rings is 4. The Morgan fingerprint density at radius 2 is 1.62 bits per heavy atom. The summed E-state index contributed by atoms with van der Waals surface area (Å²) in [5.41, 5.74) is 2.29. The van der Waals surface area contributed by atoms with Crippen LogP contribution >= 0.6 is 23.2 Å². The van der Waals surface area contributed by atoms with Crippen LogP contribution in [0.1, 0.15) is 44.6 Å². The average Bonchev–Trinajstić information content (AvgIpc) is 3.51. The topological polar surface area (TPSA) is 58.6 Å². The molecule has 8 rings (SSSR count). The summed E-state index contributed by atoms with van der Waals surface area (Å²) in [7, 11) is 0. The van der Waals surface area contributed by atoms with Crippen LogP contribution in [0.3, 0.4) is 0 Å². The number of rotatable bonds is 1. The van der Waals surface area contributed by atoms with Crippen molar-refractivity contribution >= 4 is 40.6 Å². The minimum absolute atomic E-state index is 0.120. The molecule has 7 heteroatoms. The minimum atomic E-state index is -1.41. The van der Waals surface area contributed by atoms with E-state index in [1.165, 1.54) is 0 Å². The summed E-state index contributed by atoms with van der Waals surface area (Å²) in [6.07, 6.45) is 0.738. The van der Waals surface area contributed by atoms with Crippen molar-refractivity contribution in [2.75, 3.05) is 11.9 Å². The zero-order chi connectivity index (χ0) is 26.5. The van der Waals surface area contributed by atoms with Gasteiger partial charge in [0.1, 0.15) is 11.3 Å². The molecule has 4 heterocycles. The predicted octanol–water partition coefficient (Wildman–Crippen LogP) is 6.55. The van der Waals surface area contributed by atoms with E-state index >= 15 is 0 Å². The van der Waals surface area contributed by atoms with Gasteiger partial charge in [-0.05, 0) is 65.6 Å². The van der Waals surface area contributed by atoms with Crippen molar-refractivity contribution in [1.82, 2.24) is 4.90 Å². The molecule has 0 saturated carbocycles. The summed E-state index contributed by atoms with van der Waals surface area (Å²) in [6, 6.07) is 28.0. The van der Waals surface area contributed by atoms with Gasteiger partial charge in [-0.15, -0.1) is 0 Å².